The summed E-state index contributed by atoms with van der Waals surface area (Å²) < 4.78 is 30.0. The molecule has 2 bridgehead atoms. The summed E-state index contributed by atoms with van der Waals surface area (Å²) in [5, 5.41) is 3.82. The van der Waals surface area contributed by atoms with Gasteiger partial charge in [0.05, 0.1) is 0 Å². The molecule has 2 aliphatic heterocycles. The van der Waals surface area contributed by atoms with Crippen LogP contribution in [-0.4, -0.2) is 30.4 Å². The Morgan fingerprint density at radius 2 is 1.78 bits per heavy atom. The van der Waals surface area contributed by atoms with Gasteiger partial charge in [-0.1, -0.05) is 12.1 Å². The lowest BCUT2D eigenvalue weighted by atomic mass is 9.82. The molecule has 1 fully saturated rings. The standard InChI is InChI=1S/C19H18N2O3S3/c22-17-6-5-15(16-3-1-7-25-16)19-14-9-13(11-21(17)19)10-20(12-14)27(23,24)18-4-2-8-26-18/h1-8,13-14H,9-12H2. The van der Waals surface area contributed by atoms with Gasteiger partial charge in [0, 0.05) is 47.8 Å². The van der Waals surface area contributed by atoms with E-state index in [9.17, 15) is 13.2 Å². The third kappa shape index (κ3) is 2.82. The first-order valence-electron chi connectivity index (χ1n) is 8.85. The molecule has 2 atom stereocenters. The molecule has 0 saturated carbocycles. The second kappa shape index (κ2) is 6.41. The molecule has 8 heteroatoms. The normalized spacial score (nSPS) is 22.5. The lowest BCUT2D eigenvalue weighted by Crippen LogP contribution is -2.49. The Labute approximate surface area is 165 Å². The van der Waals surface area contributed by atoms with Crippen molar-refractivity contribution in [3.63, 3.8) is 0 Å². The number of sulfonamides is 1. The van der Waals surface area contributed by atoms with Crippen LogP contribution in [0, 0.1) is 5.92 Å². The summed E-state index contributed by atoms with van der Waals surface area (Å²) in [6.07, 6.45) is 0.929. The van der Waals surface area contributed by atoms with Gasteiger partial charge in [-0.05, 0) is 41.3 Å². The maximum atomic E-state index is 13.0. The SMILES string of the molecule is O=c1ccc(-c2cccs2)c2n1CC1CC2CN(S(=O)(=O)c2cccs2)C1. The van der Waals surface area contributed by atoms with E-state index in [4.69, 9.17) is 0 Å². The van der Waals surface area contributed by atoms with Gasteiger partial charge in [0.2, 0.25) is 0 Å². The fourth-order valence-corrected chi connectivity index (χ4v) is 7.81. The number of aromatic nitrogens is 1. The van der Waals surface area contributed by atoms with Gasteiger partial charge in [-0.15, -0.1) is 22.7 Å². The summed E-state index contributed by atoms with van der Waals surface area (Å²) in [5.41, 5.74) is 2.06. The van der Waals surface area contributed by atoms with Crippen LogP contribution >= 0.6 is 22.7 Å². The molecular formula is C19H18N2O3S3. The zero-order valence-corrected chi connectivity index (χ0v) is 16.9. The van der Waals surface area contributed by atoms with Gasteiger partial charge in [0.1, 0.15) is 4.21 Å². The number of fused-ring (bicyclic) bond motifs is 4. The van der Waals surface area contributed by atoms with E-state index in [0.717, 1.165) is 22.6 Å². The van der Waals surface area contributed by atoms with Crippen LogP contribution in [0.5, 0.6) is 0 Å². The van der Waals surface area contributed by atoms with Crippen LogP contribution in [0.1, 0.15) is 18.0 Å². The molecule has 0 aliphatic carbocycles. The molecule has 0 N–H and O–H groups in total. The smallest absolute Gasteiger partial charge is 0.252 e. The molecule has 0 radical (unpaired) electrons. The molecule has 27 heavy (non-hydrogen) atoms. The third-order valence-electron chi connectivity index (χ3n) is 5.43. The van der Waals surface area contributed by atoms with Crippen LogP contribution in [0.15, 0.2) is 56.2 Å². The van der Waals surface area contributed by atoms with Crippen molar-refractivity contribution in [1.29, 1.82) is 0 Å². The van der Waals surface area contributed by atoms with Gasteiger partial charge in [0.15, 0.2) is 0 Å². The van der Waals surface area contributed by atoms with Crippen molar-refractivity contribution in [2.75, 3.05) is 13.1 Å². The highest BCUT2D eigenvalue weighted by molar-refractivity contribution is 7.91. The average molecular weight is 419 g/mol. The Morgan fingerprint density at radius 3 is 2.52 bits per heavy atom. The van der Waals surface area contributed by atoms with Crippen LogP contribution in [0.2, 0.25) is 0 Å². The quantitative estimate of drug-likeness (QED) is 0.655. The molecule has 3 aromatic heterocycles. The van der Waals surface area contributed by atoms with Crippen LogP contribution in [0.25, 0.3) is 10.4 Å². The second-order valence-electron chi connectivity index (χ2n) is 7.11. The molecule has 0 aromatic carbocycles. The first kappa shape index (κ1) is 17.4. The van der Waals surface area contributed by atoms with Gasteiger partial charge in [-0.25, -0.2) is 8.42 Å². The summed E-state index contributed by atoms with van der Waals surface area (Å²) in [6.45, 7) is 1.49. The van der Waals surface area contributed by atoms with E-state index >= 15 is 0 Å². The Morgan fingerprint density at radius 1 is 0.963 bits per heavy atom. The molecule has 5 heterocycles. The zero-order valence-electron chi connectivity index (χ0n) is 14.4. The van der Waals surface area contributed by atoms with Gasteiger partial charge in [-0.3, -0.25) is 4.79 Å². The molecule has 2 aliphatic rings. The van der Waals surface area contributed by atoms with Crippen molar-refractivity contribution < 1.29 is 8.42 Å². The Bertz CT molecular complexity index is 1130. The van der Waals surface area contributed by atoms with E-state index in [1.165, 1.54) is 11.3 Å². The second-order valence-corrected chi connectivity index (χ2v) is 11.2. The summed E-state index contributed by atoms with van der Waals surface area (Å²) in [4.78, 5) is 13.6. The highest BCUT2D eigenvalue weighted by Gasteiger charge is 2.40. The summed E-state index contributed by atoms with van der Waals surface area (Å²) in [7, 11) is -3.47. The third-order valence-corrected chi connectivity index (χ3v) is 9.54. The van der Waals surface area contributed by atoms with E-state index in [1.807, 2.05) is 22.1 Å². The average Bonchev–Trinajstić information content (AvgIpc) is 3.36. The van der Waals surface area contributed by atoms with Crippen molar-refractivity contribution in [1.82, 2.24) is 8.87 Å². The molecule has 140 valence electrons. The molecule has 1 saturated heterocycles. The Kier molecular flexibility index (Phi) is 4.12. The number of thiophene rings is 2. The minimum absolute atomic E-state index is 0.00886. The fourth-order valence-electron chi connectivity index (χ4n) is 4.34. The molecule has 5 nitrogen and oxygen atoms in total. The number of rotatable bonds is 3. The predicted octanol–water partition coefficient (Wildman–Crippen LogP) is 3.45. The van der Waals surface area contributed by atoms with Gasteiger partial charge in [-0.2, -0.15) is 4.31 Å². The zero-order chi connectivity index (χ0) is 18.6. The monoisotopic (exact) mass is 418 g/mol. The Balaban J connectivity index is 1.60. The first-order valence-corrected chi connectivity index (χ1v) is 12.1. The van der Waals surface area contributed by atoms with Crippen molar-refractivity contribution >= 4 is 32.7 Å². The highest BCUT2D eigenvalue weighted by atomic mass is 32.2. The number of hydrogen-bond acceptors (Lipinski definition) is 5. The maximum Gasteiger partial charge on any atom is 0.252 e. The fraction of sp³-hybridized carbons (Fsp3) is 0.316. The van der Waals surface area contributed by atoms with Crippen LogP contribution in [-0.2, 0) is 16.6 Å². The molecule has 0 amide bonds. The topological polar surface area (TPSA) is 59.4 Å². The van der Waals surface area contributed by atoms with Crippen molar-refractivity contribution in [2.24, 2.45) is 5.92 Å². The predicted molar refractivity (Wildman–Crippen MR) is 108 cm³/mol. The van der Waals surface area contributed by atoms with E-state index < -0.39 is 10.0 Å². The molecular weight excluding hydrogens is 400 g/mol. The van der Waals surface area contributed by atoms with Crippen molar-refractivity contribution in [2.45, 2.75) is 23.1 Å². The molecule has 3 aromatic rings. The largest absolute Gasteiger partial charge is 0.311 e. The molecule has 2 unspecified atom stereocenters. The highest BCUT2D eigenvalue weighted by Crippen LogP contribution is 2.42. The van der Waals surface area contributed by atoms with Crippen LogP contribution in [0.3, 0.4) is 0 Å². The minimum atomic E-state index is -3.47. The van der Waals surface area contributed by atoms with E-state index in [1.54, 1.807) is 39.2 Å². The van der Waals surface area contributed by atoms with Crippen molar-refractivity contribution in [3.05, 3.63) is 63.2 Å². The van der Waals surface area contributed by atoms with Crippen molar-refractivity contribution in [3.8, 4) is 10.4 Å². The lowest BCUT2D eigenvalue weighted by Gasteiger charge is -2.42. The van der Waals surface area contributed by atoms with Crippen LogP contribution < -0.4 is 5.56 Å². The number of piperidine rings is 1. The molecule has 5 rings (SSSR count). The summed E-state index contributed by atoms with van der Waals surface area (Å²) in [6, 6.07) is 11.0. The minimum Gasteiger partial charge on any atom is -0.311 e. The van der Waals surface area contributed by atoms with Gasteiger partial charge < -0.3 is 4.57 Å². The molecule has 0 spiro atoms. The first-order chi connectivity index (χ1) is 13.0. The number of hydrogen-bond donors (Lipinski definition) is 0. The summed E-state index contributed by atoms with van der Waals surface area (Å²) in [5.74, 6) is 0.209. The maximum absolute atomic E-state index is 13.0. The summed E-state index contributed by atoms with van der Waals surface area (Å²) >= 11 is 2.90. The number of pyridine rings is 1. The lowest BCUT2D eigenvalue weighted by molar-refractivity contribution is 0.187. The van der Waals surface area contributed by atoms with E-state index in [0.29, 0.717) is 23.8 Å². The van der Waals surface area contributed by atoms with E-state index in [-0.39, 0.29) is 17.4 Å². The van der Waals surface area contributed by atoms with E-state index in [2.05, 4.69) is 6.07 Å². The van der Waals surface area contributed by atoms with Gasteiger partial charge >= 0.3 is 0 Å². The van der Waals surface area contributed by atoms with Crippen LogP contribution in [0.4, 0.5) is 0 Å². The Hall–Kier alpha value is -1.74. The number of nitrogens with zero attached hydrogens (tertiary/aromatic N) is 2. The van der Waals surface area contributed by atoms with Gasteiger partial charge in [0.25, 0.3) is 15.6 Å².